The maximum Gasteiger partial charge on any atom is 0.241 e. The highest BCUT2D eigenvalue weighted by Gasteiger charge is 2.33. The van der Waals surface area contributed by atoms with E-state index < -0.39 is 0 Å². The fraction of sp³-hybridized carbons (Fsp3) is 0.400. The topological polar surface area (TPSA) is 49.4 Å². The van der Waals surface area contributed by atoms with E-state index in [-0.39, 0.29) is 17.1 Å². The Balaban J connectivity index is 1.71. The van der Waals surface area contributed by atoms with Crippen molar-refractivity contribution in [2.24, 2.45) is 0 Å². The van der Waals surface area contributed by atoms with Crippen LogP contribution in [0.1, 0.15) is 25.3 Å². The molecule has 1 aromatic carbocycles. The van der Waals surface area contributed by atoms with Crippen molar-refractivity contribution < 1.29 is 9.59 Å². The number of halogens is 1. The minimum absolute atomic E-state index is 0.0338. The maximum atomic E-state index is 11.8. The van der Waals surface area contributed by atoms with E-state index in [4.69, 9.17) is 23.8 Å². The molecule has 7 heteroatoms. The van der Waals surface area contributed by atoms with E-state index in [2.05, 4.69) is 5.32 Å². The molecule has 1 aliphatic rings. The average molecular weight is 357 g/mol. The van der Waals surface area contributed by atoms with Gasteiger partial charge in [0.2, 0.25) is 11.8 Å². The van der Waals surface area contributed by atoms with E-state index in [0.29, 0.717) is 35.3 Å². The second-order valence-electron chi connectivity index (χ2n) is 4.99. The van der Waals surface area contributed by atoms with E-state index >= 15 is 0 Å². The molecule has 22 heavy (non-hydrogen) atoms. The van der Waals surface area contributed by atoms with Gasteiger partial charge in [-0.2, -0.15) is 0 Å². The number of thioether (sulfide) groups is 1. The average Bonchev–Trinajstić information content (AvgIpc) is 2.72. The van der Waals surface area contributed by atoms with Crippen LogP contribution in [-0.4, -0.2) is 32.8 Å². The highest BCUT2D eigenvalue weighted by atomic mass is 35.5. The monoisotopic (exact) mass is 356 g/mol. The number of rotatable bonds is 6. The molecule has 118 valence electrons. The molecule has 0 bridgehead atoms. The van der Waals surface area contributed by atoms with Crippen molar-refractivity contribution >= 4 is 51.7 Å². The first-order valence-corrected chi connectivity index (χ1v) is 8.67. The summed E-state index contributed by atoms with van der Waals surface area (Å²) < 4.78 is 0.606. The predicted molar refractivity (Wildman–Crippen MR) is 93.9 cm³/mol. The fourth-order valence-electron chi connectivity index (χ4n) is 2.10. The van der Waals surface area contributed by atoms with E-state index in [0.717, 1.165) is 5.56 Å². The van der Waals surface area contributed by atoms with E-state index in [1.165, 1.54) is 11.8 Å². The summed E-state index contributed by atoms with van der Waals surface area (Å²) in [5, 5.41) is 3.36. The van der Waals surface area contributed by atoms with Crippen molar-refractivity contribution in [2.45, 2.75) is 31.6 Å². The van der Waals surface area contributed by atoms with Gasteiger partial charge in [-0.3, -0.25) is 14.5 Å². The number of carbonyl (C=O) groups excluding carboxylic acids is 2. The Kier molecular flexibility index (Phi) is 6.23. The van der Waals surface area contributed by atoms with Gasteiger partial charge in [-0.05, 0) is 25.0 Å². The van der Waals surface area contributed by atoms with Crippen LogP contribution < -0.4 is 5.32 Å². The quantitative estimate of drug-likeness (QED) is 0.796. The van der Waals surface area contributed by atoms with Crippen LogP contribution in [0.15, 0.2) is 24.3 Å². The van der Waals surface area contributed by atoms with Crippen LogP contribution in [-0.2, 0) is 16.1 Å². The number of amides is 2. The lowest BCUT2D eigenvalue weighted by atomic mass is 10.2. The molecule has 0 spiro atoms. The molecule has 0 aliphatic carbocycles. The Bertz CT molecular complexity index is 595. The maximum absolute atomic E-state index is 11.8. The van der Waals surface area contributed by atoms with Crippen LogP contribution in [0.5, 0.6) is 0 Å². The third kappa shape index (κ3) is 4.44. The van der Waals surface area contributed by atoms with E-state index in [9.17, 15) is 9.59 Å². The number of carbonyl (C=O) groups is 2. The van der Waals surface area contributed by atoms with Gasteiger partial charge in [0.15, 0.2) is 0 Å². The van der Waals surface area contributed by atoms with Crippen molar-refractivity contribution in [3.8, 4) is 0 Å². The zero-order chi connectivity index (χ0) is 16.1. The third-order valence-electron chi connectivity index (χ3n) is 3.33. The van der Waals surface area contributed by atoms with Gasteiger partial charge in [-0.15, -0.1) is 0 Å². The summed E-state index contributed by atoms with van der Waals surface area (Å²) in [5.41, 5.74) is 0.888. The number of hydrogen-bond acceptors (Lipinski definition) is 4. The number of thiocarbonyl (C=S) groups is 1. The zero-order valence-corrected chi connectivity index (χ0v) is 14.6. The summed E-state index contributed by atoms with van der Waals surface area (Å²) in [6.45, 7) is 2.75. The minimum Gasteiger partial charge on any atom is -0.352 e. The summed E-state index contributed by atoms with van der Waals surface area (Å²) in [7, 11) is 0. The second-order valence-corrected chi connectivity index (χ2v) is 7.37. The van der Waals surface area contributed by atoms with Gasteiger partial charge in [0.1, 0.15) is 4.32 Å². The lowest BCUT2D eigenvalue weighted by Crippen LogP contribution is -2.32. The molecule has 2 amide bonds. The van der Waals surface area contributed by atoms with E-state index in [1.807, 2.05) is 25.1 Å². The Morgan fingerprint density at radius 1 is 1.45 bits per heavy atom. The smallest absolute Gasteiger partial charge is 0.241 e. The third-order valence-corrected chi connectivity index (χ3v) is 5.19. The molecule has 0 radical (unpaired) electrons. The summed E-state index contributed by atoms with van der Waals surface area (Å²) in [6, 6.07) is 7.40. The Labute approximate surface area is 144 Å². The van der Waals surface area contributed by atoms with Gasteiger partial charge in [0.05, 0.1) is 5.25 Å². The Morgan fingerprint density at radius 3 is 2.82 bits per heavy atom. The molecule has 1 saturated heterocycles. The van der Waals surface area contributed by atoms with Crippen molar-refractivity contribution in [3.05, 3.63) is 34.9 Å². The van der Waals surface area contributed by atoms with Gasteiger partial charge < -0.3 is 5.32 Å². The van der Waals surface area contributed by atoms with Crippen LogP contribution in [0.25, 0.3) is 0 Å². The lowest BCUT2D eigenvalue weighted by Gasteiger charge is -2.14. The highest BCUT2D eigenvalue weighted by Crippen LogP contribution is 2.26. The van der Waals surface area contributed by atoms with Crippen molar-refractivity contribution in [3.63, 3.8) is 0 Å². The molecule has 2 rings (SSSR count). The minimum atomic E-state index is -0.110. The van der Waals surface area contributed by atoms with Crippen LogP contribution in [0.3, 0.4) is 0 Å². The standard InChI is InChI=1S/C15H17ClN2O2S2/c1-10-14(20)18(15(21)22-10)8-4-7-13(19)17-9-11-5-2-3-6-12(11)16/h2-3,5-6,10H,4,7-9H2,1H3,(H,17,19). The van der Waals surface area contributed by atoms with Crippen LogP contribution in [0, 0.1) is 0 Å². The SMILES string of the molecule is CC1SC(=S)N(CCCC(=O)NCc2ccccc2Cl)C1=O. The molecule has 1 unspecified atom stereocenters. The van der Waals surface area contributed by atoms with Gasteiger partial charge in [0.25, 0.3) is 0 Å². The normalized spacial score (nSPS) is 17.9. The highest BCUT2D eigenvalue weighted by molar-refractivity contribution is 8.24. The molecule has 1 N–H and O–H groups in total. The first-order valence-electron chi connectivity index (χ1n) is 7.01. The van der Waals surface area contributed by atoms with Gasteiger partial charge >= 0.3 is 0 Å². The fourth-order valence-corrected chi connectivity index (χ4v) is 3.75. The number of nitrogens with zero attached hydrogens (tertiary/aromatic N) is 1. The van der Waals surface area contributed by atoms with Crippen molar-refractivity contribution in [2.75, 3.05) is 6.54 Å². The summed E-state index contributed by atoms with van der Waals surface area (Å²) >= 11 is 12.6. The predicted octanol–water partition coefficient (Wildman–Crippen LogP) is 2.99. The van der Waals surface area contributed by atoms with Gasteiger partial charge in [-0.1, -0.05) is 53.8 Å². The van der Waals surface area contributed by atoms with E-state index in [1.54, 1.807) is 11.0 Å². The molecule has 0 saturated carbocycles. The molecule has 1 heterocycles. The first-order chi connectivity index (χ1) is 10.5. The summed E-state index contributed by atoms with van der Waals surface area (Å²) in [4.78, 5) is 25.3. The largest absolute Gasteiger partial charge is 0.352 e. The van der Waals surface area contributed by atoms with Gasteiger partial charge in [-0.25, -0.2) is 0 Å². The molecule has 1 aromatic rings. The number of benzene rings is 1. The zero-order valence-electron chi connectivity index (χ0n) is 12.2. The molecule has 4 nitrogen and oxygen atoms in total. The first kappa shape index (κ1) is 17.2. The molecule has 1 aliphatic heterocycles. The summed E-state index contributed by atoms with van der Waals surface area (Å²) in [6.07, 6.45) is 0.948. The van der Waals surface area contributed by atoms with Crippen LogP contribution >= 0.6 is 35.6 Å². The number of hydrogen-bond donors (Lipinski definition) is 1. The molecular weight excluding hydrogens is 340 g/mol. The summed E-state index contributed by atoms with van der Waals surface area (Å²) in [5.74, 6) is -0.0235. The molecule has 1 fully saturated rings. The molecular formula is C15H17ClN2O2S2. The van der Waals surface area contributed by atoms with Gasteiger partial charge in [0, 0.05) is 24.5 Å². The van der Waals surface area contributed by atoms with Crippen molar-refractivity contribution in [1.29, 1.82) is 0 Å². The van der Waals surface area contributed by atoms with Crippen molar-refractivity contribution in [1.82, 2.24) is 10.2 Å². The Morgan fingerprint density at radius 2 is 2.18 bits per heavy atom. The lowest BCUT2D eigenvalue weighted by molar-refractivity contribution is -0.126. The van der Waals surface area contributed by atoms with Crippen LogP contribution in [0.4, 0.5) is 0 Å². The second kappa shape index (κ2) is 7.94. The van der Waals surface area contributed by atoms with Crippen LogP contribution in [0.2, 0.25) is 5.02 Å². The number of nitrogens with one attached hydrogen (secondary N) is 1. The molecule has 0 aromatic heterocycles. The Hall–Kier alpha value is -1.11. The molecule has 1 atom stereocenters.